The highest BCUT2D eigenvalue weighted by Gasteiger charge is 2.16. The van der Waals surface area contributed by atoms with Crippen LogP contribution in [0.5, 0.6) is 5.75 Å². The van der Waals surface area contributed by atoms with Crippen LogP contribution in [0.2, 0.25) is 0 Å². The molecule has 0 amide bonds. The first-order valence-electron chi connectivity index (χ1n) is 6.19. The molecule has 0 spiro atoms. The molecule has 6 heteroatoms. The molecule has 0 saturated heterocycles. The number of benzene rings is 2. The zero-order chi connectivity index (χ0) is 15.5. The number of carbonyl (C=O) groups is 1. The molecule has 0 fully saturated rings. The summed E-state index contributed by atoms with van der Waals surface area (Å²) in [6, 6.07) is 12.3. The highest BCUT2D eigenvalue weighted by Crippen LogP contribution is 2.20. The van der Waals surface area contributed by atoms with E-state index >= 15 is 0 Å². The van der Waals surface area contributed by atoms with E-state index in [0.717, 1.165) is 5.56 Å². The second-order valence-corrected chi connectivity index (χ2v) is 6.11. The molecule has 0 aliphatic heterocycles. The van der Waals surface area contributed by atoms with Gasteiger partial charge in [-0.05, 0) is 36.8 Å². The van der Waals surface area contributed by atoms with Crippen LogP contribution in [0.25, 0.3) is 0 Å². The molecule has 21 heavy (non-hydrogen) atoms. The van der Waals surface area contributed by atoms with Crippen LogP contribution >= 0.6 is 0 Å². The Morgan fingerprint density at radius 3 is 2.43 bits per heavy atom. The molecule has 2 rings (SSSR count). The average molecular weight is 306 g/mol. The van der Waals surface area contributed by atoms with Crippen molar-refractivity contribution in [3.63, 3.8) is 0 Å². The summed E-state index contributed by atoms with van der Waals surface area (Å²) >= 11 is 0. The third-order valence-corrected chi connectivity index (χ3v) is 4.03. The smallest absolute Gasteiger partial charge is 0.339 e. The van der Waals surface area contributed by atoms with Crippen LogP contribution in [-0.4, -0.2) is 19.5 Å². The maximum absolute atomic E-state index is 12.1. The van der Waals surface area contributed by atoms with Gasteiger partial charge in [0.15, 0.2) is 0 Å². The van der Waals surface area contributed by atoms with Gasteiger partial charge in [-0.25, -0.2) is 0 Å². The van der Waals surface area contributed by atoms with Crippen molar-refractivity contribution in [3.05, 3.63) is 59.7 Å². The first-order valence-corrected chi connectivity index (χ1v) is 7.59. The number of hydrogen-bond donors (Lipinski definition) is 1. The molecule has 2 aromatic carbocycles. The second-order valence-electron chi connectivity index (χ2n) is 4.57. The number of carboxylic acids is 1. The van der Waals surface area contributed by atoms with E-state index in [4.69, 9.17) is 9.29 Å². The molecular formula is C15H14O5S. The third-order valence-electron chi connectivity index (χ3n) is 2.77. The van der Waals surface area contributed by atoms with Crippen molar-refractivity contribution < 1.29 is 22.5 Å². The molecule has 0 bridgehead atoms. The topological polar surface area (TPSA) is 80.7 Å². The van der Waals surface area contributed by atoms with Crippen LogP contribution in [0.4, 0.5) is 0 Å². The van der Waals surface area contributed by atoms with Crippen LogP contribution in [0.1, 0.15) is 11.1 Å². The van der Waals surface area contributed by atoms with Gasteiger partial charge in [0.1, 0.15) is 10.6 Å². The molecule has 110 valence electrons. The molecule has 1 N–H and O–H groups in total. The van der Waals surface area contributed by atoms with E-state index in [1.54, 1.807) is 24.3 Å². The Hall–Kier alpha value is -2.34. The van der Waals surface area contributed by atoms with Gasteiger partial charge < -0.3 is 9.29 Å². The van der Waals surface area contributed by atoms with Gasteiger partial charge in [0.05, 0.1) is 6.42 Å². The lowest BCUT2D eigenvalue weighted by molar-refractivity contribution is -0.136. The molecule has 0 saturated carbocycles. The van der Waals surface area contributed by atoms with E-state index in [0.29, 0.717) is 5.56 Å². The van der Waals surface area contributed by atoms with Gasteiger partial charge in [-0.1, -0.05) is 29.8 Å². The van der Waals surface area contributed by atoms with Gasteiger partial charge in [0.2, 0.25) is 0 Å². The highest BCUT2D eigenvalue weighted by molar-refractivity contribution is 7.87. The lowest BCUT2D eigenvalue weighted by Crippen LogP contribution is -2.10. The van der Waals surface area contributed by atoms with Crippen molar-refractivity contribution in [2.24, 2.45) is 0 Å². The van der Waals surface area contributed by atoms with Gasteiger partial charge >= 0.3 is 16.1 Å². The summed E-state index contributed by atoms with van der Waals surface area (Å²) in [6.07, 6.45) is -0.193. The van der Waals surface area contributed by atoms with E-state index in [9.17, 15) is 13.2 Å². The highest BCUT2D eigenvalue weighted by atomic mass is 32.2. The molecular weight excluding hydrogens is 292 g/mol. The fraction of sp³-hybridized carbons (Fsp3) is 0.133. The van der Waals surface area contributed by atoms with Crippen LogP contribution in [0.3, 0.4) is 0 Å². The van der Waals surface area contributed by atoms with E-state index in [-0.39, 0.29) is 17.1 Å². The van der Waals surface area contributed by atoms with Gasteiger partial charge in [0, 0.05) is 0 Å². The molecule has 0 unspecified atom stereocenters. The van der Waals surface area contributed by atoms with Crippen molar-refractivity contribution in [1.82, 2.24) is 0 Å². The molecule has 0 aliphatic rings. The quantitative estimate of drug-likeness (QED) is 0.858. The summed E-state index contributed by atoms with van der Waals surface area (Å²) in [5.74, 6) is -0.900. The number of carboxylic acid groups (broad SMARTS) is 1. The van der Waals surface area contributed by atoms with E-state index < -0.39 is 16.1 Å². The number of aryl methyl sites for hydroxylation is 1. The predicted octanol–water partition coefficient (Wildman–Crippen LogP) is 2.39. The molecule has 0 heterocycles. The van der Waals surface area contributed by atoms with Gasteiger partial charge in [0.25, 0.3) is 0 Å². The van der Waals surface area contributed by atoms with Crippen molar-refractivity contribution in [2.45, 2.75) is 18.2 Å². The molecule has 5 nitrogen and oxygen atoms in total. The van der Waals surface area contributed by atoms with E-state index in [1.807, 2.05) is 6.92 Å². The zero-order valence-corrected chi connectivity index (χ0v) is 12.1. The Bertz CT molecular complexity index is 748. The number of hydrogen-bond acceptors (Lipinski definition) is 4. The van der Waals surface area contributed by atoms with Crippen LogP contribution in [-0.2, 0) is 21.3 Å². The van der Waals surface area contributed by atoms with Crippen molar-refractivity contribution in [3.8, 4) is 5.75 Å². The van der Waals surface area contributed by atoms with E-state index in [1.165, 1.54) is 24.3 Å². The van der Waals surface area contributed by atoms with Gasteiger partial charge in [-0.15, -0.1) is 0 Å². The molecule has 2 aromatic rings. The average Bonchev–Trinajstić information content (AvgIpc) is 2.38. The molecule has 0 atom stereocenters. The van der Waals surface area contributed by atoms with Gasteiger partial charge in [-0.2, -0.15) is 8.42 Å². The fourth-order valence-corrected chi connectivity index (χ4v) is 2.68. The second kappa shape index (κ2) is 5.97. The first-order chi connectivity index (χ1) is 9.87. The summed E-state index contributed by atoms with van der Waals surface area (Å²) in [5.41, 5.74) is 1.41. The zero-order valence-electron chi connectivity index (χ0n) is 11.3. The summed E-state index contributed by atoms with van der Waals surface area (Å²) in [5, 5.41) is 8.74. The summed E-state index contributed by atoms with van der Waals surface area (Å²) < 4.78 is 29.2. The Morgan fingerprint density at radius 2 is 1.81 bits per heavy atom. The Labute approximate surface area is 122 Å². The van der Waals surface area contributed by atoms with Crippen molar-refractivity contribution in [2.75, 3.05) is 0 Å². The van der Waals surface area contributed by atoms with Crippen LogP contribution in [0, 0.1) is 6.92 Å². The Morgan fingerprint density at radius 1 is 1.14 bits per heavy atom. The summed E-state index contributed by atoms with van der Waals surface area (Å²) in [4.78, 5) is 10.7. The predicted molar refractivity (Wildman–Crippen MR) is 76.8 cm³/mol. The van der Waals surface area contributed by atoms with Crippen LogP contribution < -0.4 is 4.18 Å². The summed E-state index contributed by atoms with van der Waals surface area (Å²) in [6.45, 7) is 1.85. The number of aliphatic carboxylic acids is 1. The number of rotatable bonds is 5. The van der Waals surface area contributed by atoms with Gasteiger partial charge in [-0.3, -0.25) is 4.79 Å². The minimum absolute atomic E-state index is 0.0525. The van der Waals surface area contributed by atoms with Crippen LogP contribution in [0.15, 0.2) is 53.4 Å². The fourth-order valence-electron chi connectivity index (χ4n) is 1.76. The first kappa shape index (κ1) is 15.1. The normalized spacial score (nSPS) is 11.1. The standard InChI is InChI=1S/C15H14O5S/c1-11-5-7-14(8-6-11)21(18,19)20-13-4-2-3-12(9-13)10-15(16)17/h2-9H,10H2,1H3,(H,16,17). The molecule has 0 aromatic heterocycles. The maximum atomic E-state index is 12.1. The molecule has 0 aliphatic carbocycles. The lowest BCUT2D eigenvalue weighted by atomic mass is 10.1. The minimum atomic E-state index is -3.92. The Balaban J connectivity index is 2.24. The summed E-state index contributed by atoms with van der Waals surface area (Å²) in [7, 11) is -3.92. The monoisotopic (exact) mass is 306 g/mol. The van der Waals surface area contributed by atoms with Crippen molar-refractivity contribution >= 4 is 16.1 Å². The third kappa shape index (κ3) is 4.06. The molecule has 0 radical (unpaired) electrons. The van der Waals surface area contributed by atoms with E-state index in [2.05, 4.69) is 0 Å². The van der Waals surface area contributed by atoms with Crippen molar-refractivity contribution in [1.29, 1.82) is 0 Å². The largest absolute Gasteiger partial charge is 0.481 e. The minimum Gasteiger partial charge on any atom is -0.481 e. The SMILES string of the molecule is Cc1ccc(S(=O)(=O)Oc2cccc(CC(=O)O)c2)cc1. The Kier molecular flexibility index (Phi) is 4.28. The maximum Gasteiger partial charge on any atom is 0.339 e. The lowest BCUT2D eigenvalue weighted by Gasteiger charge is -2.08.